The van der Waals surface area contributed by atoms with E-state index in [2.05, 4.69) is 29.3 Å². The number of unbranched alkanes of at least 4 members (excludes halogenated alkanes) is 1. The molecule has 0 saturated carbocycles. The van der Waals surface area contributed by atoms with Crippen LogP contribution in [-0.4, -0.2) is 34.7 Å². The molecule has 4 aromatic rings. The zero-order valence-electron chi connectivity index (χ0n) is 20.0. The van der Waals surface area contributed by atoms with Crippen LogP contribution in [0.3, 0.4) is 0 Å². The van der Waals surface area contributed by atoms with Gasteiger partial charge in [0.05, 0.1) is 25.5 Å². The molecule has 6 nitrogen and oxygen atoms in total. The predicted molar refractivity (Wildman–Crippen MR) is 136 cm³/mol. The number of hydrogen-bond acceptors (Lipinski definition) is 4. The van der Waals surface area contributed by atoms with E-state index in [4.69, 9.17) is 9.47 Å². The average Bonchev–Trinajstić information content (AvgIpc) is 3.44. The zero-order chi connectivity index (χ0) is 24.2. The lowest BCUT2D eigenvalue weighted by atomic mass is 9.95. The third kappa shape index (κ3) is 4.52. The highest BCUT2D eigenvalue weighted by Crippen LogP contribution is 2.44. The van der Waals surface area contributed by atoms with Crippen molar-refractivity contribution >= 4 is 5.91 Å². The number of aromatic amines is 1. The van der Waals surface area contributed by atoms with Gasteiger partial charge in [0, 0.05) is 17.7 Å². The highest BCUT2D eigenvalue weighted by molar-refractivity contribution is 6.00. The molecule has 35 heavy (non-hydrogen) atoms. The Bertz CT molecular complexity index is 1280. The second-order valence-electron chi connectivity index (χ2n) is 8.68. The minimum atomic E-state index is -0.266. The van der Waals surface area contributed by atoms with Gasteiger partial charge in [0.1, 0.15) is 17.2 Å². The van der Waals surface area contributed by atoms with Gasteiger partial charge in [-0.2, -0.15) is 5.10 Å². The van der Waals surface area contributed by atoms with Gasteiger partial charge >= 0.3 is 0 Å². The lowest BCUT2D eigenvalue weighted by Gasteiger charge is -2.26. The van der Waals surface area contributed by atoms with Gasteiger partial charge in [-0.1, -0.05) is 55.8 Å². The lowest BCUT2D eigenvalue weighted by molar-refractivity contribution is 0.0730. The maximum absolute atomic E-state index is 13.6. The van der Waals surface area contributed by atoms with Crippen molar-refractivity contribution in [3.8, 4) is 22.8 Å². The number of nitrogens with one attached hydrogen (secondary N) is 1. The van der Waals surface area contributed by atoms with E-state index in [1.807, 2.05) is 71.6 Å². The molecule has 1 unspecified atom stereocenters. The molecule has 0 spiro atoms. The first-order chi connectivity index (χ1) is 17.2. The van der Waals surface area contributed by atoms with Crippen LogP contribution in [0.15, 0.2) is 78.9 Å². The van der Waals surface area contributed by atoms with E-state index in [1.54, 1.807) is 7.11 Å². The molecule has 1 amide bonds. The fourth-order valence-electron chi connectivity index (χ4n) is 4.54. The van der Waals surface area contributed by atoms with E-state index in [-0.39, 0.29) is 11.9 Å². The van der Waals surface area contributed by atoms with Crippen molar-refractivity contribution in [3.05, 3.63) is 101 Å². The van der Waals surface area contributed by atoms with Crippen LogP contribution >= 0.6 is 0 Å². The molecule has 0 radical (unpaired) electrons. The summed E-state index contributed by atoms with van der Waals surface area (Å²) in [6.07, 6.45) is 2.11. The van der Waals surface area contributed by atoms with E-state index >= 15 is 0 Å². The number of fused-ring (bicyclic) bond motifs is 1. The number of H-pyrrole nitrogens is 1. The van der Waals surface area contributed by atoms with Crippen LogP contribution in [0.4, 0.5) is 0 Å². The molecule has 1 aliphatic rings. The minimum Gasteiger partial charge on any atom is -0.497 e. The van der Waals surface area contributed by atoms with Gasteiger partial charge in [-0.3, -0.25) is 9.89 Å². The number of carbonyl (C=O) groups is 1. The summed E-state index contributed by atoms with van der Waals surface area (Å²) in [7, 11) is 1.65. The summed E-state index contributed by atoms with van der Waals surface area (Å²) < 4.78 is 11.2. The Morgan fingerprint density at radius 3 is 2.34 bits per heavy atom. The summed E-state index contributed by atoms with van der Waals surface area (Å²) in [6, 6.07) is 25.7. The Hall–Kier alpha value is -4.06. The van der Waals surface area contributed by atoms with E-state index in [0.29, 0.717) is 18.8 Å². The van der Waals surface area contributed by atoms with Crippen LogP contribution in [0, 0.1) is 0 Å². The average molecular weight is 468 g/mol. The Kier molecular flexibility index (Phi) is 6.53. The highest BCUT2D eigenvalue weighted by atomic mass is 16.5. The molecule has 3 aromatic carbocycles. The van der Waals surface area contributed by atoms with E-state index in [0.717, 1.165) is 52.3 Å². The molecule has 1 aromatic heterocycles. The van der Waals surface area contributed by atoms with Crippen molar-refractivity contribution in [1.82, 2.24) is 15.1 Å². The predicted octanol–water partition coefficient (Wildman–Crippen LogP) is 6.01. The van der Waals surface area contributed by atoms with Crippen molar-refractivity contribution in [2.45, 2.75) is 32.4 Å². The summed E-state index contributed by atoms with van der Waals surface area (Å²) in [5.74, 6) is 1.56. The number of carbonyl (C=O) groups excluding carboxylic acids is 1. The molecule has 5 rings (SSSR count). The van der Waals surface area contributed by atoms with Crippen molar-refractivity contribution < 1.29 is 14.3 Å². The number of nitrogens with zero attached hydrogens (tertiary/aromatic N) is 2. The summed E-state index contributed by atoms with van der Waals surface area (Å²) in [4.78, 5) is 15.5. The van der Waals surface area contributed by atoms with Crippen LogP contribution in [0.2, 0.25) is 0 Å². The molecule has 0 fully saturated rings. The summed E-state index contributed by atoms with van der Waals surface area (Å²) >= 11 is 0. The van der Waals surface area contributed by atoms with Crippen LogP contribution < -0.4 is 9.47 Å². The zero-order valence-corrected chi connectivity index (χ0v) is 20.0. The second kappa shape index (κ2) is 10.1. The first kappa shape index (κ1) is 22.7. The van der Waals surface area contributed by atoms with Gasteiger partial charge in [-0.15, -0.1) is 0 Å². The number of rotatable bonds is 9. The number of methoxy groups -OCH3 is 1. The quantitative estimate of drug-likeness (QED) is 0.306. The summed E-state index contributed by atoms with van der Waals surface area (Å²) in [5, 5.41) is 7.59. The van der Waals surface area contributed by atoms with E-state index in [9.17, 15) is 4.79 Å². The number of amides is 1. The second-order valence-corrected chi connectivity index (χ2v) is 8.68. The fraction of sp³-hybridized carbons (Fsp3) is 0.241. The van der Waals surface area contributed by atoms with Crippen LogP contribution in [0.25, 0.3) is 11.3 Å². The third-order valence-corrected chi connectivity index (χ3v) is 6.39. The van der Waals surface area contributed by atoms with Gasteiger partial charge in [0.2, 0.25) is 0 Å². The number of ether oxygens (including phenoxy) is 2. The van der Waals surface area contributed by atoms with E-state index < -0.39 is 0 Å². The van der Waals surface area contributed by atoms with Crippen LogP contribution in [0.5, 0.6) is 11.5 Å². The van der Waals surface area contributed by atoms with Gasteiger partial charge in [0.15, 0.2) is 0 Å². The number of benzene rings is 3. The topological polar surface area (TPSA) is 67.5 Å². The van der Waals surface area contributed by atoms with Crippen LogP contribution in [-0.2, 0) is 6.54 Å². The molecule has 0 aliphatic carbocycles. The van der Waals surface area contributed by atoms with Gasteiger partial charge in [0.25, 0.3) is 5.91 Å². The number of aromatic nitrogens is 2. The van der Waals surface area contributed by atoms with Crippen molar-refractivity contribution in [1.29, 1.82) is 0 Å². The molecular formula is C29H29N3O3. The van der Waals surface area contributed by atoms with Crippen molar-refractivity contribution in [2.75, 3.05) is 13.7 Å². The number of hydrogen-bond donors (Lipinski definition) is 1. The van der Waals surface area contributed by atoms with E-state index in [1.165, 1.54) is 0 Å². The maximum Gasteiger partial charge on any atom is 0.273 e. The molecule has 178 valence electrons. The van der Waals surface area contributed by atoms with Crippen LogP contribution in [0.1, 0.15) is 53.0 Å². The maximum atomic E-state index is 13.6. The fourth-order valence-corrected chi connectivity index (χ4v) is 4.54. The SMILES string of the molecule is CCCCOc1ccc(C2c3c(-c4ccc(OC)cc4)n[nH]c3C(=O)N2Cc2ccccc2)cc1. The first-order valence-electron chi connectivity index (χ1n) is 12.0. The normalized spacial score (nSPS) is 14.7. The van der Waals surface area contributed by atoms with Gasteiger partial charge in [-0.05, 0) is 53.9 Å². The Morgan fingerprint density at radius 1 is 0.943 bits per heavy atom. The Morgan fingerprint density at radius 2 is 1.66 bits per heavy atom. The van der Waals surface area contributed by atoms with Gasteiger partial charge in [-0.25, -0.2) is 0 Å². The summed E-state index contributed by atoms with van der Waals surface area (Å²) in [6.45, 7) is 3.35. The van der Waals surface area contributed by atoms with Gasteiger partial charge < -0.3 is 14.4 Å². The monoisotopic (exact) mass is 467 g/mol. The highest BCUT2D eigenvalue weighted by Gasteiger charge is 2.42. The molecule has 0 saturated heterocycles. The molecule has 1 aliphatic heterocycles. The molecule has 0 bridgehead atoms. The molecule has 6 heteroatoms. The standard InChI is InChI=1S/C29H29N3O3/c1-3-4-18-35-24-16-12-22(13-17-24)28-25-26(21-10-14-23(34-2)15-11-21)30-31-27(25)29(33)32(28)19-20-8-6-5-7-9-20/h5-17,28H,3-4,18-19H2,1-2H3,(H,30,31). The molecule has 2 heterocycles. The first-order valence-corrected chi connectivity index (χ1v) is 12.0. The van der Waals surface area contributed by atoms with Crippen molar-refractivity contribution in [3.63, 3.8) is 0 Å². The molecular weight excluding hydrogens is 438 g/mol. The Labute approximate surface area is 205 Å². The molecule has 1 atom stereocenters. The largest absolute Gasteiger partial charge is 0.497 e. The molecule has 1 N–H and O–H groups in total. The smallest absolute Gasteiger partial charge is 0.273 e. The van der Waals surface area contributed by atoms with Crippen molar-refractivity contribution in [2.24, 2.45) is 0 Å². The lowest BCUT2D eigenvalue weighted by Crippen LogP contribution is -2.29. The Balaban J connectivity index is 1.54. The minimum absolute atomic E-state index is 0.0515. The third-order valence-electron chi connectivity index (χ3n) is 6.39. The summed E-state index contributed by atoms with van der Waals surface area (Å²) in [5.41, 5.74) is 5.25.